The van der Waals surface area contributed by atoms with Gasteiger partial charge in [-0.05, 0) is 54.5 Å². The van der Waals surface area contributed by atoms with E-state index in [1.54, 1.807) is 7.11 Å². The zero-order valence-corrected chi connectivity index (χ0v) is 19.9. The zero-order valence-electron chi connectivity index (χ0n) is 17.6. The Kier molecular flexibility index (Phi) is 9.07. The molecule has 0 bridgehead atoms. The van der Waals surface area contributed by atoms with Gasteiger partial charge in [0.15, 0.2) is 5.96 Å². The summed E-state index contributed by atoms with van der Waals surface area (Å²) < 4.78 is 5.49. The van der Waals surface area contributed by atoms with Gasteiger partial charge in [-0.15, -0.1) is 24.0 Å². The molecule has 0 aromatic heterocycles. The van der Waals surface area contributed by atoms with Crippen LogP contribution in [0.4, 0.5) is 11.4 Å². The smallest absolute Gasteiger partial charge is 0.193 e. The van der Waals surface area contributed by atoms with Gasteiger partial charge in [0, 0.05) is 25.3 Å². The molecule has 5 nitrogen and oxygen atoms in total. The lowest BCUT2D eigenvalue weighted by Gasteiger charge is -2.21. The van der Waals surface area contributed by atoms with Gasteiger partial charge in [0.25, 0.3) is 0 Å². The first-order valence-electron chi connectivity index (χ1n) is 10.2. The first kappa shape index (κ1) is 23.3. The lowest BCUT2D eigenvalue weighted by Crippen LogP contribution is -2.25. The molecule has 2 atom stereocenters. The van der Waals surface area contributed by atoms with E-state index >= 15 is 0 Å². The summed E-state index contributed by atoms with van der Waals surface area (Å²) in [6.45, 7) is 7.18. The molecule has 0 spiro atoms. The number of guanidine groups is 1. The molecule has 1 aliphatic rings. The minimum absolute atomic E-state index is 0. The Morgan fingerprint density at radius 2 is 1.97 bits per heavy atom. The normalized spacial score (nSPS) is 17.6. The Bertz CT molecular complexity index is 794. The van der Waals surface area contributed by atoms with Crippen LogP contribution in [-0.2, 0) is 0 Å². The largest absolute Gasteiger partial charge is 0.495 e. The second-order valence-corrected chi connectivity index (χ2v) is 7.55. The lowest BCUT2D eigenvalue weighted by atomic mass is 9.99. The Labute approximate surface area is 191 Å². The van der Waals surface area contributed by atoms with E-state index in [1.807, 2.05) is 12.1 Å². The number of hydrogen-bond acceptors (Lipinski definition) is 3. The maximum atomic E-state index is 6.10. The minimum Gasteiger partial charge on any atom is -0.495 e. The van der Waals surface area contributed by atoms with Crippen molar-refractivity contribution < 1.29 is 4.74 Å². The van der Waals surface area contributed by atoms with E-state index in [9.17, 15) is 0 Å². The first-order valence-corrected chi connectivity index (χ1v) is 10.2. The number of ether oxygens (including phenoxy) is 1. The molecule has 2 unspecified atom stereocenters. The zero-order chi connectivity index (χ0) is 19.9. The number of methoxy groups -OCH3 is 1. The maximum Gasteiger partial charge on any atom is 0.193 e. The van der Waals surface area contributed by atoms with E-state index in [2.05, 4.69) is 65.5 Å². The average molecular weight is 508 g/mol. The number of hydrogen-bond donors (Lipinski definition) is 2. The lowest BCUT2D eigenvalue weighted by molar-refractivity contribution is 0.414. The fourth-order valence-corrected chi connectivity index (χ4v) is 3.64. The molecule has 29 heavy (non-hydrogen) atoms. The summed E-state index contributed by atoms with van der Waals surface area (Å²) in [5.74, 6) is 2.48. The molecule has 0 radical (unpaired) electrons. The van der Waals surface area contributed by atoms with Crippen molar-refractivity contribution in [2.45, 2.75) is 32.6 Å². The second-order valence-electron chi connectivity index (χ2n) is 7.55. The summed E-state index contributed by atoms with van der Waals surface area (Å²) in [5, 5.41) is 3.21. The van der Waals surface area contributed by atoms with Crippen LogP contribution in [0.5, 0.6) is 5.75 Å². The highest BCUT2D eigenvalue weighted by atomic mass is 127. The average Bonchev–Trinajstić information content (AvgIpc) is 3.21. The number of para-hydroxylation sites is 2. The van der Waals surface area contributed by atoms with Gasteiger partial charge in [-0.1, -0.05) is 38.1 Å². The molecular formula is C23H33IN4O. The van der Waals surface area contributed by atoms with Gasteiger partial charge in [-0.25, -0.2) is 0 Å². The fraction of sp³-hybridized carbons (Fsp3) is 0.435. The Morgan fingerprint density at radius 3 is 2.66 bits per heavy atom. The highest BCUT2D eigenvalue weighted by Crippen LogP contribution is 2.32. The predicted octanol–water partition coefficient (Wildman–Crippen LogP) is 5.08. The first-order chi connectivity index (χ1) is 13.6. The number of anilines is 2. The highest BCUT2D eigenvalue weighted by molar-refractivity contribution is 14.0. The van der Waals surface area contributed by atoms with Gasteiger partial charge in [-0.2, -0.15) is 0 Å². The molecule has 0 aliphatic carbocycles. The summed E-state index contributed by atoms with van der Waals surface area (Å²) in [6, 6.07) is 16.6. The molecule has 3 rings (SSSR count). The van der Waals surface area contributed by atoms with Crippen molar-refractivity contribution in [3.05, 3.63) is 54.1 Å². The van der Waals surface area contributed by atoms with Crippen LogP contribution in [0.2, 0.25) is 0 Å². The van der Waals surface area contributed by atoms with Crippen molar-refractivity contribution in [2.24, 2.45) is 16.6 Å². The topological polar surface area (TPSA) is 62.9 Å². The van der Waals surface area contributed by atoms with Crippen molar-refractivity contribution in [3.8, 4) is 5.75 Å². The van der Waals surface area contributed by atoms with Gasteiger partial charge in [0.2, 0.25) is 0 Å². The number of rotatable bonds is 7. The SMILES string of the molecule is CCC(C)c1ccc(NC(N)=NCC2CCN(c3ccccc3OC)C2)cc1.I. The van der Waals surface area contributed by atoms with Crippen LogP contribution in [0.1, 0.15) is 38.2 Å². The third kappa shape index (κ3) is 6.26. The van der Waals surface area contributed by atoms with Crippen LogP contribution in [0.3, 0.4) is 0 Å². The van der Waals surface area contributed by atoms with Gasteiger partial charge in [-0.3, -0.25) is 4.99 Å². The molecule has 2 aromatic rings. The molecular weight excluding hydrogens is 475 g/mol. The van der Waals surface area contributed by atoms with Gasteiger partial charge in [0.05, 0.1) is 12.8 Å². The van der Waals surface area contributed by atoms with Crippen molar-refractivity contribution in [3.63, 3.8) is 0 Å². The summed E-state index contributed by atoms with van der Waals surface area (Å²) in [5.41, 5.74) is 9.60. The van der Waals surface area contributed by atoms with E-state index in [-0.39, 0.29) is 24.0 Å². The summed E-state index contributed by atoms with van der Waals surface area (Å²) in [4.78, 5) is 6.94. The van der Waals surface area contributed by atoms with Gasteiger partial charge < -0.3 is 20.7 Å². The predicted molar refractivity (Wildman–Crippen MR) is 134 cm³/mol. The van der Waals surface area contributed by atoms with Crippen molar-refractivity contribution in [1.29, 1.82) is 0 Å². The molecule has 2 aromatic carbocycles. The molecule has 1 aliphatic heterocycles. The molecule has 1 heterocycles. The number of nitrogens with zero attached hydrogens (tertiary/aromatic N) is 2. The van der Waals surface area contributed by atoms with Crippen LogP contribution in [0, 0.1) is 5.92 Å². The summed E-state index contributed by atoms with van der Waals surface area (Å²) in [7, 11) is 1.72. The van der Waals surface area contributed by atoms with Crippen molar-refractivity contribution in [2.75, 3.05) is 37.0 Å². The molecule has 3 N–H and O–H groups in total. The van der Waals surface area contributed by atoms with Crippen LogP contribution >= 0.6 is 24.0 Å². The van der Waals surface area contributed by atoms with Crippen LogP contribution in [0.25, 0.3) is 0 Å². The van der Waals surface area contributed by atoms with Crippen LogP contribution in [0.15, 0.2) is 53.5 Å². The number of halogens is 1. The monoisotopic (exact) mass is 508 g/mol. The maximum absolute atomic E-state index is 6.10. The molecule has 1 fully saturated rings. The highest BCUT2D eigenvalue weighted by Gasteiger charge is 2.24. The van der Waals surface area contributed by atoms with Gasteiger partial charge >= 0.3 is 0 Å². The summed E-state index contributed by atoms with van der Waals surface area (Å²) in [6.07, 6.45) is 2.25. The third-order valence-corrected chi connectivity index (χ3v) is 5.60. The van der Waals surface area contributed by atoms with E-state index in [1.165, 1.54) is 5.56 Å². The van der Waals surface area contributed by atoms with Crippen LogP contribution < -0.4 is 20.7 Å². The number of aliphatic imine (C=N–C) groups is 1. The second kappa shape index (κ2) is 11.3. The quantitative estimate of drug-likeness (QED) is 0.311. The fourth-order valence-electron chi connectivity index (χ4n) is 3.64. The van der Waals surface area contributed by atoms with E-state index in [4.69, 9.17) is 10.5 Å². The minimum atomic E-state index is 0. The Balaban J connectivity index is 0.00000300. The Morgan fingerprint density at radius 1 is 1.24 bits per heavy atom. The van der Waals surface area contributed by atoms with Crippen molar-refractivity contribution >= 4 is 41.3 Å². The number of benzene rings is 2. The standard InChI is InChI=1S/C23H32N4O.HI/c1-4-17(2)19-9-11-20(12-10-19)26-23(24)25-15-18-13-14-27(16-18)21-7-5-6-8-22(21)28-3;/h5-12,17-18H,4,13-16H2,1-3H3,(H3,24,25,26);1H. The molecule has 6 heteroatoms. The Hall–Kier alpha value is -1.96. The number of nitrogens with two attached hydrogens (primary N) is 1. The van der Waals surface area contributed by atoms with E-state index in [0.717, 1.165) is 49.6 Å². The number of nitrogens with one attached hydrogen (secondary N) is 1. The van der Waals surface area contributed by atoms with E-state index in [0.29, 0.717) is 17.8 Å². The van der Waals surface area contributed by atoms with E-state index < -0.39 is 0 Å². The van der Waals surface area contributed by atoms with Crippen molar-refractivity contribution in [1.82, 2.24) is 0 Å². The molecule has 0 amide bonds. The molecule has 158 valence electrons. The third-order valence-electron chi connectivity index (χ3n) is 5.60. The summed E-state index contributed by atoms with van der Waals surface area (Å²) >= 11 is 0. The van der Waals surface area contributed by atoms with Crippen LogP contribution in [-0.4, -0.2) is 32.7 Å². The molecule has 0 saturated carbocycles. The molecule has 1 saturated heterocycles. The van der Waals surface area contributed by atoms with Gasteiger partial charge in [0.1, 0.15) is 5.75 Å².